The molecule has 2 aromatic rings. The summed E-state index contributed by atoms with van der Waals surface area (Å²) in [6.07, 6.45) is 2.57. The van der Waals surface area contributed by atoms with Crippen molar-refractivity contribution in [3.05, 3.63) is 47.5 Å². The molecule has 1 amide bonds. The van der Waals surface area contributed by atoms with E-state index in [0.717, 1.165) is 23.4 Å². The molecule has 0 spiro atoms. The van der Waals surface area contributed by atoms with Crippen molar-refractivity contribution in [2.45, 2.75) is 30.7 Å². The zero-order chi connectivity index (χ0) is 24.4. The number of hydrogen-bond acceptors (Lipinski definition) is 6. The molecule has 0 aromatic heterocycles. The van der Waals surface area contributed by atoms with Gasteiger partial charge in [-0.2, -0.15) is 4.31 Å². The third-order valence-electron chi connectivity index (χ3n) is 5.28. The van der Waals surface area contributed by atoms with Gasteiger partial charge in [-0.05, 0) is 56.2 Å². The van der Waals surface area contributed by atoms with E-state index in [1.165, 1.54) is 48.7 Å². The number of rotatable bonds is 8. The molecule has 1 aliphatic rings. The van der Waals surface area contributed by atoms with Crippen molar-refractivity contribution in [1.29, 1.82) is 0 Å². The van der Waals surface area contributed by atoms with E-state index in [2.05, 4.69) is 5.32 Å². The molecular weight excluding hydrogens is 490 g/mol. The van der Waals surface area contributed by atoms with Crippen LogP contribution in [0.1, 0.15) is 19.8 Å². The van der Waals surface area contributed by atoms with Gasteiger partial charge in [0.15, 0.2) is 0 Å². The van der Waals surface area contributed by atoms with E-state index in [1.807, 2.05) is 0 Å². The SMILES string of the molecule is COc1ccc(S(=O)(=O)N2CCCC2)cc1NC(=O)[C@@H](C)N(c1cccc(Cl)c1)S(C)(=O)=O. The molecule has 1 aliphatic heterocycles. The van der Waals surface area contributed by atoms with Crippen molar-refractivity contribution >= 4 is 48.9 Å². The molecule has 1 N–H and O–H groups in total. The van der Waals surface area contributed by atoms with Crippen LogP contribution in [0, 0.1) is 0 Å². The molecular formula is C21H26ClN3O6S2. The summed E-state index contributed by atoms with van der Waals surface area (Å²) in [5.41, 5.74) is 0.346. The summed E-state index contributed by atoms with van der Waals surface area (Å²) >= 11 is 6.01. The maximum Gasteiger partial charge on any atom is 0.248 e. The van der Waals surface area contributed by atoms with Crippen LogP contribution in [0.4, 0.5) is 11.4 Å². The van der Waals surface area contributed by atoms with Crippen molar-refractivity contribution in [1.82, 2.24) is 4.31 Å². The Morgan fingerprint density at radius 3 is 2.36 bits per heavy atom. The molecule has 0 unspecified atom stereocenters. The normalized spacial score (nSPS) is 15.8. The van der Waals surface area contributed by atoms with Crippen molar-refractivity contribution < 1.29 is 26.4 Å². The number of amides is 1. The summed E-state index contributed by atoms with van der Waals surface area (Å²) in [5, 5.41) is 2.93. The predicted octanol–water partition coefficient (Wildman–Crippen LogP) is 2.93. The average molecular weight is 516 g/mol. The highest BCUT2D eigenvalue weighted by atomic mass is 35.5. The number of anilines is 2. The van der Waals surface area contributed by atoms with Gasteiger partial charge in [0.25, 0.3) is 0 Å². The number of benzene rings is 2. The molecule has 0 saturated carbocycles. The molecule has 2 aromatic carbocycles. The second kappa shape index (κ2) is 9.88. The van der Waals surface area contributed by atoms with Crippen LogP contribution in [-0.2, 0) is 24.8 Å². The third kappa shape index (κ3) is 5.60. The van der Waals surface area contributed by atoms with Crippen LogP contribution in [0.3, 0.4) is 0 Å². The monoisotopic (exact) mass is 515 g/mol. The van der Waals surface area contributed by atoms with Gasteiger partial charge in [0, 0.05) is 18.1 Å². The first kappa shape index (κ1) is 25.3. The number of ether oxygens (including phenoxy) is 1. The Bertz CT molecular complexity index is 1240. The zero-order valence-electron chi connectivity index (χ0n) is 18.5. The Morgan fingerprint density at radius 2 is 1.79 bits per heavy atom. The molecule has 180 valence electrons. The largest absolute Gasteiger partial charge is 0.495 e. The van der Waals surface area contributed by atoms with Crippen LogP contribution < -0.4 is 14.4 Å². The lowest BCUT2D eigenvalue weighted by molar-refractivity contribution is -0.116. The molecule has 1 atom stereocenters. The van der Waals surface area contributed by atoms with Gasteiger partial charge >= 0.3 is 0 Å². The minimum atomic E-state index is -3.85. The minimum Gasteiger partial charge on any atom is -0.495 e. The van der Waals surface area contributed by atoms with Crippen LogP contribution in [0.25, 0.3) is 0 Å². The Kier molecular flexibility index (Phi) is 7.57. The molecule has 1 heterocycles. The highest BCUT2D eigenvalue weighted by Gasteiger charge is 2.31. The molecule has 0 aliphatic carbocycles. The summed E-state index contributed by atoms with van der Waals surface area (Å²) in [6.45, 7) is 2.31. The first-order valence-electron chi connectivity index (χ1n) is 10.2. The molecule has 0 radical (unpaired) electrons. The number of nitrogens with one attached hydrogen (secondary N) is 1. The standard InChI is InChI=1S/C21H26ClN3O6S2/c1-15(25(32(3,27)28)17-8-6-7-16(22)13-17)21(26)23-19-14-18(9-10-20(19)31-2)33(29,30)24-11-4-5-12-24/h6-10,13-15H,4-5,11-12H2,1-3H3,(H,23,26)/t15-/m1/s1. The number of hydrogen-bond donors (Lipinski definition) is 1. The summed E-state index contributed by atoms with van der Waals surface area (Å²) in [5.74, 6) is -0.431. The highest BCUT2D eigenvalue weighted by Crippen LogP contribution is 2.31. The van der Waals surface area contributed by atoms with Crippen LogP contribution in [-0.4, -0.2) is 59.5 Å². The maximum atomic E-state index is 13.1. The molecule has 0 bridgehead atoms. The van der Waals surface area contributed by atoms with Gasteiger partial charge in [0.1, 0.15) is 11.8 Å². The van der Waals surface area contributed by atoms with E-state index in [1.54, 1.807) is 12.1 Å². The number of methoxy groups -OCH3 is 1. The van der Waals surface area contributed by atoms with Crippen molar-refractivity contribution in [3.8, 4) is 5.75 Å². The lowest BCUT2D eigenvalue weighted by atomic mass is 10.2. The van der Waals surface area contributed by atoms with Gasteiger partial charge < -0.3 is 10.1 Å². The fraction of sp³-hybridized carbons (Fsp3) is 0.381. The van der Waals surface area contributed by atoms with E-state index in [0.29, 0.717) is 18.1 Å². The van der Waals surface area contributed by atoms with Crippen molar-refractivity contribution in [2.75, 3.05) is 36.1 Å². The number of carbonyl (C=O) groups is 1. The quantitative estimate of drug-likeness (QED) is 0.578. The van der Waals surface area contributed by atoms with Crippen LogP contribution in [0.15, 0.2) is 47.4 Å². The van der Waals surface area contributed by atoms with E-state index >= 15 is 0 Å². The van der Waals surface area contributed by atoms with Crippen LogP contribution in [0.5, 0.6) is 5.75 Å². The minimum absolute atomic E-state index is 0.0166. The van der Waals surface area contributed by atoms with E-state index < -0.39 is 32.0 Å². The summed E-state index contributed by atoms with van der Waals surface area (Å²) in [6, 6.07) is 9.17. The number of nitrogens with zero attached hydrogens (tertiary/aromatic N) is 2. The smallest absolute Gasteiger partial charge is 0.248 e. The lowest BCUT2D eigenvalue weighted by Gasteiger charge is -2.28. The Balaban J connectivity index is 1.93. The Labute approximate surface area is 199 Å². The first-order valence-corrected chi connectivity index (χ1v) is 13.9. The Hall–Kier alpha value is -2.34. The van der Waals surface area contributed by atoms with Crippen LogP contribution in [0.2, 0.25) is 5.02 Å². The zero-order valence-corrected chi connectivity index (χ0v) is 20.9. The van der Waals surface area contributed by atoms with Gasteiger partial charge in [-0.25, -0.2) is 16.8 Å². The number of halogens is 1. The topological polar surface area (TPSA) is 113 Å². The summed E-state index contributed by atoms with van der Waals surface area (Å²) in [7, 11) is -6.19. The van der Waals surface area contributed by atoms with E-state index in [9.17, 15) is 21.6 Å². The molecule has 12 heteroatoms. The number of sulfonamides is 2. The molecule has 9 nitrogen and oxygen atoms in total. The lowest BCUT2D eigenvalue weighted by Crippen LogP contribution is -2.45. The fourth-order valence-corrected chi connectivity index (χ4v) is 6.58. The fourth-order valence-electron chi connectivity index (χ4n) is 3.68. The maximum absolute atomic E-state index is 13.1. The third-order valence-corrected chi connectivity index (χ3v) is 8.65. The van der Waals surface area contributed by atoms with Crippen molar-refractivity contribution in [2.24, 2.45) is 0 Å². The average Bonchev–Trinajstić information content (AvgIpc) is 3.28. The predicted molar refractivity (Wildman–Crippen MR) is 128 cm³/mol. The summed E-state index contributed by atoms with van der Waals surface area (Å²) < 4.78 is 58.5. The van der Waals surface area contributed by atoms with Gasteiger partial charge in [-0.3, -0.25) is 9.10 Å². The van der Waals surface area contributed by atoms with Crippen molar-refractivity contribution in [3.63, 3.8) is 0 Å². The van der Waals surface area contributed by atoms with Gasteiger partial charge in [0.05, 0.1) is 29.6 Å². The van der Waals surface area contributed by atoms with Gasteiger partial charge in [-0.15, -0.1) is 0 Å². The Morgan fingerprint density at radius 1 is 1.12 bits per heavy atom. The first-order chi connectivity index (χ1) is 15.4. The summed E-state index contributed by atoms with van der Waals surface area (Å²) in [4.78, 5) is 13.1. The second-order valence-corrected chi connectivity index (χ2v) is 11.9. The molecule has 1 saturated heterocycles. The second-order valence-electron chi connectivity index (χ2n) is 7.68. The van der Waals surface area contributed by atoms with Crippen LogP contribution >= 0.6 is 11.6 Å². The highest BCUT2D eigenvalue weighted by molar-refractivity contribution is 7.92. The van der Waals surface area contributed by atoms with Gasteiger partial charge in [0.2, 0.25) is 26.0 Å². The van der Waals surface area contributed by atoms with E-state index in [-0.39, 0.29) is 22.0 Å². The molecule has 3 rings (SSSR count). The van der Waals surface area contributed by atoms with Gasteiger partial charge in [-0.1, -0.05) is 17.7 Å². The van der Waals surface area contributed by atoms with E-state index in [4.69, 9.17) is 16.3 Å². The number of carbonyl (C=O) groups excluding carboxylic acids is 1. The molecule has 1 fully saturated rings. The molecule has 33 heavy (non-hydrogen) atoms.